The van der Waals surface area contributed by atoms with E-state index in [4.69, 9.17) is 4.42 Å². The van der Waals surface area contributed by atoms with Gasteiger partial charge in [-0.1, -0.05) is 146 Å². The Kier molecular flexibility index (Phi) is 7.34. The molecule has 0 unspecified atom stereocenters. The molecule has 318 valence electrons. The van der Waals surface area contributed by atoms with E-state index in [-0.39, 0.29) is 0 Å². The van der Waals surface area contributed by atoms with Crippen LogP contribution < -0.4 is 0 Å². The van der Waals surface area contributed by atoms with E-state index in [1.54, 1.807) is 0 Å². The molecule has 0 aliphatic carbocycles. The van der Waals surface area contributed by atoms with E-state index in [0.717, 1.165) is 16.9 Å². The molecule has 0 amide bonds. The highest BCUT2D eigenvalue weighted by molar-refractivity contribution is 6.33. The van der Waals surface area contributed by atoms with Crippen molar-refractivity contribution < 1.29 is 4.42 Å². The molecule has 3 heteroatoms. The van der Waals surface area contributed by atoms with E-state index in [0.29, 0.717) is 0 Å². The van der Waals surface area contributed by atoms with Crippen LogP contribution in [0.25, 0.3) is 153 Å². The first kappa shape index (κ1) is 37.0. The summed E-state index contributed by atoms with van der Waals surface area (Å²) in [5.74, 6) is 0. The van der Waals surface area contributed by atoms with E-state index in [9.17, 15) is 0 Å². The average Bonchev–Trinajstić information content (AvgIpc) is 4.08. The van der Waals surface area contributed by atoms with Crippen molar-refractivity contribution in [1.29, 1.82) is 0 Å². The molecular formula is C66H38N2O. The van der Waals surface area contributed by atoms with Crippen molar-refractivity contribution in [2.45, 2.75) is 0 Å². The number of furan rings is 1. The topological polar surface area (TPSA) is 23.0 Å². The molecule has 0 fully saturated rings. The van der Waals surface area contributed by atoms with Crippen LogP contribution in [0.3, 0.4) is 0 Å². The van der Waals surface area contributed by atoms with Crippen LogP contribution in [-0.2, 0) is 0 Å². The molecule has 16 aromatic rings. The number of nitrogens with zero attached hydrogens (tertiary/aromatic N) is 2. The van der Waals surface area contributed by atoms with Gasteiger partial charge in [0.05, 0.1) is 22.1 Å². The number of benzene rings is 13. The predicted molar refractivity (Wildman–Crippen MR) is 292 cm³/mol. The lowest BCUT2D eigenvalue weighted by molar-refractivity contribution is 0.669. The molecule has 3 heterocycles. The molecule has 0 atom stereocenters. The summed E-state index contributed by atoms with van der Waals surface area (Å²) in [7, 11) is 0. The van der Waals surface area contributed by atoms with E-state index < -0.39 is 0 Å². The van der Waals surface area contributed by atoms with Gasteiger partial charge in [-0.3, -0.25) is 0 Å². The molecule has 0 aliphatic rings. The second-order valence-corrected chi connectivity index (χ2v) is 18.8. The fourth-order valence-corrected chi connectivity index (χ4v) is 12.2. The van der Waals surface area contributed by atoms with Gasteiger partial charge in [-0.15, -0.1) is 0 Å². The van der Waals surface area contributed by atoms with Crippen LogP contribution in [-0.4, -0.2) is 9.13 Å². The van der Waals surface area contributed by atoms with Crippen LogP contribution >= 0.6 is 0 Å². The van der Waals surface area contributed by atoms with Crippen LogP contribution in [0.1, 0.15) is 0 Å². The minimum Gasteiger partial charge on any atom is -0.456 e. The average molecular weight is 875 g/mol. The summed E-state index contributed by atoms with van der Waals surface area (Å²) >= 11 is 0. The van der Waals surface area contributed by atoms with Crippen molar-refractivity contribution in [3.63, 3.8) is 0 Å². The second-order valence-electron chi connectivity index (χ2n) is 18.8. The number of hydrogen-bond donors (Lipinski definition) is 0. The maximum Gasteiger partial charge on any atom is 0.136 e. The molecule has 69 heavy (non-hydrogen) atoms. The van der Waals surface area contributed by atoms with E-state index in [1.807, 2.05) is 0 Å². The third kappa shape index (κ3) is 5.11. The van der Waals surface area contributed by atoms with Gasteiger partial charge >= 0.3 is 0 Å². The Balaban J connectivity index is 0.879. The zero-order chi connectivity index (χ0) is 44.9. The quantitative estimate of drug-likeness (QED) is 0.162. The third-order valence-corrected chi connectivity index (χ3v) is 15.2. The van der Waals surface area contributed by atoms with Crippen LogP contribution in [0.4, 0.5) is 0 Å². The standard InChI is InChI=1S/C66H38N2O/c1-2-12-43(13-3-1)67-59-20-8-6-16-50(59)57-36-41(26-32-61(57)67)42-27-33-62-58(37-42)51-17-7-9-21-60(51)68(62)44-28-31-48-46-15-5-4-14-45(46)47-29-24-40(35-55(47)56(48)38-44)39-25-30-49-52-18-10-22-63-65(52)66-53(54(49)34-39)19-11-23-64(66)69-63/h1-38H. The van der Waals surface area contributed by atoms with Gasteiger partial charge in [0, 0.05) is 43.7 Å². The summed E-state index contributed by atoms with van der Waals surface area (Å²) in [5, 5.41) is 19.9. The zero-order valence-corrected chi connectivity index (χ0v) is 37.2. The molecule has 16 rings (SSSR count). The molecule has 0 saturated carbocycles. The smallest absolute Gasteiger partial charge is 0.136 e. The maximum absolute atomic E-state index is 6.37. The summed E-state index contributed by atoms with van der Waals surface area (Å²) in [6.07, 6.45) is 0. The summed E-state index contributed by atoms with van der Waals surface area (Å²) in [6, 6.07) is 85.2. The molecule has 0 aliphatic heterocycles. The minimum atomic E-state index is 0.941. The SMILES string of the molecule is c1ccc(-n2c3ccccc3c3cc(-c4ccc5c(c4)c4ccccc4n5-c4ccc5c6ccccc6c6ccc(-c7ccc8c(c7)c7cccc9oc%10cccc8c%10c97)cc6c5c4)ccc32)cc1. The van der Waals surface area contributed by atoms with Gasteiger partial charge in [0.15, 0.2) is 0 Å². The Morgan fingerprint density at radius 1 is 0.217 bits per heavy atom. The largest absolute Gasteiger partial charge is 0.456 e. The van der Waals surface area contributed by atoms with Crippen molar-refractivity contribution in [2.24, 2.45) is 0 Å². The predicted octanol–water partition coefficient (Wildman–Crippen LogP) is 18.3. The third-order valence-electron chi connectivity index (χ3n) is 15.2. The maximum atomic E-state index is 6.37. The fraction of sp³-hybridized carbons (Fsp3) is 0. The highest BCUT2D eigenvalue weighted by atomic mass is 16.3. The Morgan fingerprint density at radius 3 is 1.17 bits per heavy atom. The van der Waals surface area contributed by atoms with Gasteiger partial charge in [0.1, 0.15) is 11.2 Å². The molecule has 3 nitrogen and oxygen atoms in total. The van der Waals surface area contributed by atoms with Gasteiger partial charge in [0.25, 0.3) is 0 Å². The monoisotopic (exact) mass is 874 g/mol. The Labute approximate surface area is 395 Å². The summed E-state index contributed by atoms with van der Waals surface area (Å²) in [5.41, 5.74) is 13.8. The van der Waals surface area contributed by atoms with Crippen molar-refractivity contribution in [3.05, 3.63) is 231 Å². The summed E-state index contributed by atoms with van der Waals surface area (Å²) < 4.78 is 11.2. The highest BCUT2D eigenvalue weighted by Crippen LogP contribution is 2.45. The van der Waals surface area contributed by atoms with Crippen LogP contribution in [0, 0.1) is 0 Å². The molecule has 3 aromatic heterocycles. The van der Waals surface area contributed by atoms with E-state index in [1.165, 1.54) is 136 Å². The normalized spacial score (nSPS) is 12.3. The lowest BCUT2D eigenvalue weighted by atomic mass is 9.90. The van der Waals surface area contributed by atoms with Gasteiger partial charge in [0.2, 0.25) is 0 Å². The fourth-order valence-electron chi connectivity index (χ4n) is 12.2. The van der Waals surface area contributed by atoms with Crippen LogP contribution in [0.2, 0.25) is 0 Å². The van der Waals surface area contributed by atoms with Crippen LogP contribution in [0.15, 0.2) is 235 Å². The molecule has 0 N–H and O–H groups in total. The van der Waals surface area contributed by atoms with Gasteiger partial charge < -0.3 is 13.6 Å². The first-order valence-electron chi connectivity index (χ1n) is 23.8. The molecule has 0 bridgehead atoms. The zero-order valence-electron chi connectivity index (χ0n) is 37.2. The van der Waals surface area contributed by atoms with E-state index >= 15 is 0 Å². The van der Waals surface area contributed by atoms with Gasteiger partial charge in [-0.2, -0.15) is 0 Å². The van der Waals surface area contributed by atoms with Crippen LogP contribution in [0.5, 0.6) is 0 Å². The number of rotatable bonds is 4. The van der Waals surface area contributed by atoms with Crippen molar-refractivity contribution in [2.75, 3.05) is 0 Å². The van der Waals surface area contributed by atoms with Crippen molar-refractivity contribution >= 4 is 119 Å². The van der Waals surface area contributed by atoms with Crippen molar-refractivity contribution in [1.82, 2.24) is 9.13 Å². The Hall–Kier alpha value is -9.18. The first-order chi connectivity index (χ1) is 34.2. The molecular weight excluding hydrogens is 837 g/mol. The molecule has 13 aromatic carbocycles. The summed E-state index contributed by atoms with van der Waals surface area (Å²) in [4.78, 5) is 0. The van der Waals surface area contributed by atoms with E-state index in [2.05, 4.69) is 240 Å². The lowest BCUT2D eigenvalue weighted by Crippen LogP contribution is -1.95. The number of para-hydroxylation sites is 3. The molecule has 0 spiro atoms. The molecule has 0 saturated heterocycles. The number of aromatic nitrogens is 2. The number of hydrogen-bond acceptors (Lipinski definition) is 1. The minimum absolute atomic E-state index is 0.941. The number of fused-ring (bicyclic) bond motifs is 15. The Morgan fingerprint density at radius 2 is 0.594 bits per heavy atom. The van der Waals surface area contributed by atoms with Gasteiger partial charge in [-0.05, 0) is 161 Å². The molecule has 0 radical (unpaired) electrons. The summed E-state index contributed by atoms with van der Waals surface area (Å²) in [6.45, 7) is 0. The first-order valence-corrected chi connectivity index (χ1v) is 23.8. The Bertz CT molecular complexity index is 4830. The van der Waals surface area contributed by atoms with Gasteiger partial charge in [-0.25, -0.2) is 0 Å². The second kappa shape index (κ2) is 13.7. The highest BCUT2D eigenvalue weighted by Gasteiger charge is 2.20. The van der Waals surface area contributed by atoms with Crippen molar-refractivity contribution in [3.8, 4) is 33.6 Å². The lowest BCUT2D eigenvalue weighted by Gasteiger charge is -2.15.